The lowest BCUT2D eigenvalue weighted by molar-refractivity contribution is -0.155. The first-order chi connectivity index (χ1) is 10.1. The smallest absolute Gasteiger partial charge is 0.327 e. The zero-order valence-corrected chi connectivity index (χ0v) is 13.7. The van der Waals surface area contributed by atoms with Crippen LogP contribution in [0.25, 0.3) is 0 Å². The number of hydrogen-bond acceptors (Lipinski definition) is 4. The van der Waals surface area contributed by atoms with E-state index in [2.05, 4.69) is 19.2 Å². The molecule has 2 unspecified atom stereocenters. The number of piperidine rings is 1. The Kier molecular flexibility index (Phi) is 5.54. The molecule has 2 rings (SSSR count). The van der Waals surface area contributed by atoms with Gasteiger partial charge in [0.05, 0.1) is 10.8 Å². The highest BCUT2D eigenvalue weighted by molar-refractivity contribution is 8.00. The summed E-state index contributed by atoms with van der Waals surface area (Å²) in [6.07, 6.45) is 4.26. The Hall–Kier alpha value is -0.750. The molecule has 2 fully saturated rings. The molecule has 0 aromatic heterocycles. The van der Waals surface area contributed by atoms with Gasteiger partial charge in [0.1, 0.15) is 6.04 Å². The van der Waals surface area contributed by atoms with Gasteiger partial charge < -0.3 is 15.3 Å². The zero-order chi connectivity index (χ0) is 15.5. The highest BCUT2D eigenvalue weighted by Crippen LogP contribution is 2.41. The summed E-state index contributed by atoms with van der Waals surface area (Å²) < 4.78 is 0. The number of hydrogen-bond donors (Lipinski definition) is 2. The Morgan fingerprint density at radius 1 is 1.33 bits per heavy atom. The summed E-state index contributed by atoms with van der Waals surface area (Å²) in [5.41, 5.74) is -0.365. The van der Waals surface area contributed by atoms with Crippen LogP contribution in [-0.4, -0.2) is 52.1 Å². The van der Waals surface area contributed by atoms with E-state index in [0.29, 0.717) is 5.75 Å². The molecule has 0 saturated carbocycles. The molecule has 2 atom stereocenters. The molecule has 0 bridgehead atoms. The van der Waals surface area contributed by atoms with Crippen LogP contribution in [0.15, 0.2) is 0 Å². The largest absolute Gasteiger partial charge is 0.480 e. The first-order valence-electron chi connectivity index (χ1n) is 7.93. The summed E-state index contributed by atoms with van der Waals surface area (Å²) in [7, 11) is 0. The lowest BCUT2D eigenvalue weighted by Crippen LogP contribution is -2.54. The van der Waals surface area contributed by atoms with Crippen LogP contribution in [0.1, 0.15) is 46.0 Å². The van der Waals surface area contributed by atoms with Crippen LogP contribution < -0.4 is 5.32 Å². The Labute approximate surface area is 130 Å². The Balaban J connectivity index is 2.24. The van der Waals surface area contributed by atoms with Crippen LogP contribution in [0.3, 0.4) is 0 Å². The zero-order valence-electron chi connectivity index (χ0n) is 12.9. The van der Waals surface area contributed by atoms with Gasteiger partial charge in [-0.2, -0.15) is 0 Å². The van der Waals surface area contributed by atoms with Gasteiger partial charge in [-0.25, -0.2) is 4.79 Å². The number of nitrogens with one attached hydrogen (secondary N) is 1. The number of rotatable bonds is 5. The molecule has 2 aliphatic heterocycles. The maximum Gasteiger partial charge on any atom is 0.327 e. The molecule has 0 radical (unpaired) electrons. The second-order valence-electron chi connectivity index (χ2n) is 6.03. The van der Waals surface area contributed by atoms with E-state index in [4.69, 9.17) is 0 Å². The van der Waals surface area contributed by atoms with E-state index >= 15 is 0 Å². The topological polar surface area (TPSA) is 69.6 Å². The number of amides is 1. The lowest BCUT2D eigenvalue weighted by atomic mass is 9.75. The predicted molar refractivity (Wildman–Crippen MR) is 84.3 cm³/mol. The Bertz CT molecular complexity index is 396. The van der Waals surface area contributed by atoms with Crippen molar-refractivity contribution in [1.29, 1.82) is 0 Å². The molecule has 0 spiro atoms. The molecule has 1 amide bonds. The number of thioether (sulfide) groups is 1. The molecule has 0 aliphatic carbocycles. The van der Waals surface area contributed by atoms with Crippen molar-refractivity contribution in [2.75, 3.05) is 18.8 Å². The number of carbonyl (C=O) groups excluding carboxylic acids is 1. The van der Waals surface area contributed by atoms with Crippen LogP contribution in [0, 0.1) is 5.41 Å². The van der Waals surface area contributed by atoms with Crippen molar-refractivity contribution >= 4 is 23.6 Å². The fourth-order valence-corrected chi connectivity index (χ4v) is 4.91. The van der Waals surface area contributed by atoms with Gasteiger partial charge in [-0.15, -0.1) is 11.8 Å². The summed E-state index contributed by atoms with van der Waals surface area (Å²) in [5.74, 6) is -0.277. The first-order valence-corrected chi connectivity index (χ1v) is 8.98. The molecule has 2 aliphatic rings. The third-order valence-electron chi connectivity index (χ3n) is 4.84. The molecular weight excluding hydrogens is 288 g/mol. The van der Waals surface area contributed by atoms with Crippen LogP contribution >= 0.6 is 11.8 Å². The average Bonchev–Trinajstić information content (AvgIpc) is 2.91. The molecule has 2 N–H and O–H groups in total. The van der Waals surface area contributed by atoms with Gasteiger partial charge in [0, 0.05) is 5.75 Å². The van der Waals surface area contributed by atoms with E-state index in [1.54, 1.807) is 16.7 Å². The number of aliphatic carboxylic acids is 1. The number of nitrogens with zero attached hydrogens (tertiary/aromatic N) is 1. The lowest BCUT2D eigenvalue weighted by Gasteiger charge is -2.41. The van der Waals surface area contributed by atoms with E-state index in [0.717, 1.165) is 45.2 Å². The van der Waals surface area contributed by atoms with Crippen molar-refractivity contribution < 1.29 is 14.7 Å². The van der Waals surface area contributed by atoms with Crippen LogP contribution in [0.4, 0.5) is 0 Å². The van der Waals surface area contributed by atoms with Gasteiger partial charge in [0.2, 0.25) is 5.91 Å². The maximum absolute atomic E-state index is 13.2. The highest BCUT2D eigenvalue weighted by Gasteiger charge is 2.48. The minimum atomic E-state index is -0.866. The fraction of sp³-hybridized carbons (Fsp3) is 0.867. The molecule has 5 nitrogen and oxygen atoms in total. The van der Waals surface area contributed by atoms with Gasteiger partial charge in [-0.05, 0) is 38.8 Å². The molecule has 0 aromatic carbocycles. The van der Waals surface area contributed by atoms with E-state index in [-0.39, 0.29) is 16.7 Å². The van der Waals surface area contributed by atoms with Crippen molar-refractivity contribution in [3.8, 4) is 0 Å². The SMILES string of the molecule is CCCC1SCC(C(=O)O)N1C(=O)C1(CC)CCNCC1. The van der Waals surface area contributed by atoms with Crippen LogP contribution in [0.5, 0.6) is 0 Å². The van der Waals surface area contributed by atoms with Crippen molar-refractivity contribution in [2.45, 2.75) is 57.4 Å². The van der Waals surface area contributed by atoms with Crippen molar-refractivity contribution in [3.05, 3.63) is 0 Å². The number of carboxylic acids is 1. The summed E-state index contributed by atoms with van der Waals surface area (Å²) in [4.78, 5) is 26.4. The summed E-state index contributed by atoms with van der Waals surface area (Å²) >= 11 is 1.62. The van der Waals surface area contributed by atoms with Gasteiger partial charge in [-0.1, -0.05) is 20.3 Å². The Morgan fingerprint density at radius 3 is 2.52 bits per heavy atom. The quantitative estimate of drug-likeness (QED) is 0.811. The highest BCUT2D eigenvalue weighted by atomic mass is 32.2. The number of carboxylic acid groups (broad SMARTS) is 1. The predicted octanol–water partition coefficient (Wildman–Crippen LogP) is 1.92. The van der Waals surface area contributed by atoms with Crippen molar-refractivity contribution in [3.63, 3.8) is 0 Å². The Morgan fingerprint density at radius 2 is 2.00 bits per heavy atom. The molecule has 0 aromatic rings. The summed E-state index contributed by atoms with van der Waals surface area (Å²) in [5, 5.41) is 12.8. The minimum absolute atomic E-state index is 0.0295. The maximum atomic E-state index is 13.2. The third kappa shape index (κ3) is 3.21. The molecule has 120 valence electrons. The number of carbonyl (C=O) groups is 2. The second-order valence-corrected chi connectivity index (χ2v) is 7.24. The summed E-state index contributed by atoms with van der Waals surface area (Å²) in [6.45, 7) is 5.82. The first kappa shape index (κ1) is 16.6. The third-order valence-corrected chi connectivity index (χ3v) is 6.19. The second kappa shape index (κ2) is 7.01. The van der Waals surface area contributed by atoms with E-state index < -0.39 is 12.0 Å². The van der Waals surface area contributed by atoms with Crippen molar-refractivity contribution in [2.24, 2.45) is 5.41 Å². The standard InChI is InChI=1S/C15H26N2O3S/c1-3-5-12-17(11(10-21-12)13(18)19)14(20)15(4-2)6-8-16-9-7-15/h11-12,16H,3-10H2,1-2H3,(H,18,19). The monoisotopic (exact) mass is 314 g/mol. The minimum Gasteiger partial charge on any atom is -0.480 e. The van der Waals surface area contributed by atoms with E-state index in [1.807, 2.05) is 0 Å². The molecule has 2 saturated heterocycles. The van der Waals surface area contributed by atoms with Crippen LogP contribution in [0.2, 0.25) is 0 Å². The van der Waals surface area contributed by atoms with Gasteiger partial charge in [0.25, 0.3) is 0 Å². The molecule has 6 heteroatoms. The van der Waals surface area contributed by atoms with Gasteiger partial charge in [-0.3, -0.25) is 4.79 Å². The van der Waals surface area contributed by atoms with E-state index in [9.17, 15) is 14.7 Å². The van der Waals surface area contributed by atoms with Gasteiger partial charge >= 0.3 is 5.97 Å². The average molecular weight is 314 g/mol. The van der Waals surface area contributed by atoms with Gasteiger partial charge in [0.15, 0.2) is 0 Å². The van der Waals surface area contributed by atoms with E-state index in [1.165, 1.54) is 0 Å². The molecule has 21 heavy (non-hydrogen) atoms. The summed E-state index contributed by atoms with van der Waals surface area (Å²) in [6, 6.07) is -0.655. The van der Waals surface area contributed by atoms with Crippen molar-refractivity contribution in [1.82, 2.24) is 10.2 Å². The molecular formula is C15H26N2O3S. The fourth-order valence-electron chi connectivity index (χ4n) is 3.39. The molecule has 2 heterocycles. The normalized spacial score (nSPS) is 28.6. The van der Waals surface area contributed by atoms with Crippen LogP contribution in [-0.2, 0) is 9.59 Å².